The van der Waals surface area contributed by atoms with Gasteiger partial charge in [0.15, 0.2) is 0 Å². The van der Waals surface area contributed by atoms with Crippen molar-refractivity contribution < 1.29 is 19.2 Å². The van der Waals surface area contributed by atoms with Gasteiger partial charge in [-0.25, -0.2) is 4.79 Å². The van der Waals surface area contributed by atoms with Gasteiger partial charge in [0.2, 0.25) is 0 Å². The van der Waals surface area contributed by atoms with Crippen LogP contribution in [-0.2, 0) is 4.74 Å². The summed E-state index contributed by atoms with van der Waals surface area (Å²) in [5.74, 6) is -0.532. The van der Waals surface area contributed by atoms with Crippen molar-refractivity contribution in [2.24, 2.45) is 0 Å². The fraction of sp³-hybridized carbons (Fsp3) is 0.0588. The number of esters is 1. The lowest BCUT2D eigenvalue weighted by atomic mass is 10.1. The Morgan fingerprint density at radius 2 is 1.96 bits per heavy atom. The third kappa shape index (κ3) is 3.20. The van der Waals surface area contributed by atoms with Gasteiger partial charge in [-0.1, -0.05) is 0 Å². The van der Waals surface area contributed by atoms with Gasteiger partial charge in [0, 0.05) is 33.5 Å². The molecule has 126 valence electrons. The molecule has 0 fully saturated rings. The molecule has 7 nitrogen and oxygen atoms in total. The topological polar surface area (TPSA) is 98.5 Å². The van der Waals surface area contributed by atoms with Gasteiger partial charge < -0.3 is 10.1 Å². The van der Waals surface area contributed by atoms with Gasteiger partial charge in [0.25, 0.3) is 5.69 Å². The number of carbonyl (C=O) groups excluding carboxylic acids is 2. The molecule has 3 aromatic rings. The molecule has 0 aliphatic heterocycles. The maximum Gasteiger partial charge on any atom is 0.350 e. The van der Waals surface area contributed by atoms with Gasteiger partial charge in [0.1, 0.15) is 11.2 Å². The van der Waals surface area contributed by atoms with Gasteiger partial charge in [-0.05, 0) is 30.3 Å². The number of nitrogens with one attached hydrogen (secondary N) is 1. The molecule has 0 aliphatic rings. The van der Waals surface area contributed by atoms with Crippen LogP contribution in [0.1, 0.15) is 20.0 Å². The van der Waals surface area contributed by atoms with E-state index in [1.54, 1.807) is 30.3 Å². The summed E-state index contributed by atoms with van der Waals surface area (Å²) in [4.78, 5) is 33.6. The summed E-state index contributed by atoms with van der Waals surface area (Å²) >= 11 is 1.12. The molecule has 1 heterocycles. The summed E-state index contributed by atoms with van der Waals surface area (Å²) < 4.78 is 5.41. The summed E-state index contributed by atoms with van der Waals surface area (Å²) in [5.41, 5.74) is 1.67. The van der Waals surface area contributed by atoms with E-state index in [2.05, 4.69) is 5.32 Å². The van der Waals surface area contributed by atoms with E-state index in [-0.39, 0.29) is 5.69 Å². The number of thiophene rings is 1. The van der Waals surface area contributed by atoms with Crippen molar-refractivity contribution in [3.05, 3.63) is 63.0 Å². The predicted octanol–water partition coefficient (Wildman–Crippen LogP) is 4.15. The van der Waals surface area contributed by atoms with Crippen molar-refractivity contribution in [2.75, 3.05) is 12.4 Å². The van der Waals surface area contributed by atoms with E-state index in [1.165, 1.54) is 19.2 Å². The van der Waals surface area contributed by atoms with Gasteiger partial charge >= 0.3 is 5.97 Å². The number of methoxy groups -OCH3 is 1. The summed E-state index contributed by atoms with van der Waals surface area (Å²) in [6.07, 6.45) is 0.739. The molecule has 0 atom stereocenters. The number of carbonyl (C=O) groups is 2. The molecule has 1 aromatic heterocycles. The first kappa shape index (κ1) is 16.6. The maximum atomic E-state index is 12.1. The largest absolute Gasteiger partial charge is 0.465 e. The zero-order valence-electron chi connectivity index (χ0n) is 13.0. The Labute approximate surface area is 146 Å². The Morgan fingerprint density at radius 1 is 1.24 bits per heavy atom. The monoisotopic (exact) mass is 356 g/mol. The summed E-state index contributed by atoms with van der Waals surface area (Å²) in [7, 11) is 1.28. The number of hydrogen-bond donors (Lipinski definition) is 1. The van der Waals surface area contributed by atoms with E-state index in [4.69, 9.17) is 4.74 Å². The van der Waals surface area contributed by atoms with E-state index in [9.17, 15) is 19.7 Å². The Balaban J connectivity index is 2.11. The number of ether oxygens (including phenoxy) is 1. The van der Waals surface area contributed by atoms with Crippen LogP contribution in [0.3, 0.4) is 0 Å². The Kier molecular flexibility index (Phi) is 4.44. The summed E-state index contributed by atoms with van der Waals surface area (Å²) in [5, 5.41) is 14.8. The molecule has 0 saturated carbocycles. The zero-order chi connectivity index (χ0) is 18.0. The molecular weight excluding hydrogens is 344 g/mol. The molecule has 0 aliphatic carbocycles. The van der Waals surface area contributed by atoms with Crippen molar-refractivity contribution in [2.45, 2.75) is 0 Å². The SMILES string of the molecule is COC(=O)c1sc2cc([N+](=O)[O-])ccc2c1Nc1ccc(C=O)cc1. The lowest BCUT2D eigenvalue weighted by Crippen LogP contribution is -2.02. The number of non-ortho nitro benzene ring substituents is 1. The molecule has 3 rings (SSSR count). The van der Waals surface area contributed by atoms with Crippen molar-refractivity contribution in [3.8, 4) is 0 Å². The molecule has 0 saturated heterocycles. The average molecular weight is 356 g/mol. The second-order valence-corrected chi connectivity index (χ2v) is 6.15. The van der Waals surface area contributed by atoms with Crippen molar-refractivity contribution in [1.29, 1.82) is 0 Å². The van der Waals surface area contributed by atoms with E-state index in [0.29, 0.717) is 31.9 Å². The molecule has 0 amide bonds. The van der Waals surface area contributed by atoms with Crippen LogP contribution in [0, 0.1) is 10.1 Å². The average Bonchev–Trinajstić information content (AvgIpc) is 2.99. The Bertz CT molecular complexity index is 979. The second-order valence-electron chi connectivity index (χ2n) is 5.10. The highest BCUT2D eigenvalue weighted by molar-refractivity contribution is 7.21. The van der Waals surface area contributed by atoms with Crippen LogP contribution in [-0.4, -0.2) is 24.3 Å². The molecule has 2 aromatic carbocycles. The lowest BCUT2D eigenvalue weighted by molar-refractivity contribution is -0.384. The number of nitrogens with zero attached hydrogens (tertiary/aromatic N) is 1. The number of benzene rings is 2. The van der Waals surface area contributed by atoms with E-state index in [1.807, 2.05) is 0 Å². The quantitative estimate of drug-likeness (QED) is 0.319. The Hall–Kier alpha value is -3.26. The third-order valence-electron chi connectivity index (χ3n) is 3.57. The van der Waals surface area contributed by atoms with Crippen LogP contribution in [0.15, 0.2) is 42.5 Å². The molecule has 0 bridgehead atoms. The molecular formula is C17H12N2O5S. The molecule has 0 radical (unpaired) electrons. The van der Waals surface area contributed by atoms with Crippen LogP contribution in [0.5, 0.6) is 0 Å². The molecule has 25 heavy (non-hydrogen) atoms. The maximum absolute atomic E-state index is 12.1. The van der Waals surface area contributed by atoms with E-state index >= 15 is 0 Å². The number of aldehydes is 1. The van der Waals surface area contributed by atoms with Gasteiger partial charge in [-0.2, -0.15) is 0 Å². The number of nitro benzene ring substituents is 1. The van der Waals surface area contributed by atoms with Gasteiger partial charge in [-0.15, -0.1) is 11.3 Å². The first-order chi connectivity index (χ1) is 12.0. The van der Waals surface area contributed by atoms with E-state index < -0.39 is 10.9 Å². The highest BCUT2D eigenvalue weighted by Gasteiger charge is 2.21. The minimum atomic E-state index is -0.532. The summed E-state index contributed by atoms with van der Waals surface area (Å²) in [6, 6.07) is 11.1. The van der Waals surface area contributed by atoms with E-state index in [0.717, 1.165) is 17.6 Å². The minimum absolute atomic E-state index is 0.0490. The fourth-order valence-electron chi connectivity index (χ4n) is 2.35. The van der Waals surface area contributed by atoms with Crippen LogP contribution >= 0.6 is 11.3 Å². The van der Waals surface area contributed by atoms with Crippen LogP contribution in [0.2, 0.25) is 0 Å². The minimum Gasteiger partial charge on any atom is -0.465 e. The smallest absolute Gasteiger partial charge is 0.350 e. The fourth-order valence-corrected chi connectivity index (χ4v) is 3.46. The normalized spacial score (nSPS) is 10.4. The lowest BCUT2D eigenvalue weighted by Gasteiger charge is -2.08. The molecule has 1 N–H and O–H groups in total. The van der Waals surface area contributed by atoms with Gasteiger partial charge in [-0.3, -0.25) is 14.9 Å². The number of fused-ring (bicyclic) bond motifs is 1. The number of nitro groups is 1. The number of anilines is 2. The first-order valence-corrected chi connectivity index (χ1v) is 7.96. The van der Waals surface area contributed by atoms with Gasteiger partial charge in [0.05, 0.1) is 17.7 Å². The highest BCUT2D eigenvalue weighted by Crippen LogP contribution is 2.39. The molecule has 0 spiro atoms. The Morgan fingerprint density at radius 3 is 2.56 bits per heavy atom. The van der Waals surface area contributed by atoms with Crippen molar-refractivity contribution >= 4 is 50.7 Å². The highest BCUT2D eigenvalue weighted by atomic mass is 32.1. The standard InChI is InChI=1S/C17H12N2O5S/c1-24-17(21)16-15(18-11-4-2-10(9-20)3-5-11)13-7-6-12(19(22)23)8-14(13)25-16/h2-9,18H,1H3. The van der Waals surface area contributed by atoms with Crippen molar-refractivity contribution in [3.63, 3.8) is 0 Å². The molecule has 8 heteroatoms. The molecule has 0 unspecified atom stereocenters. The van der Waals surface area contributed by atoms with Crippen LogP contribution in [0.25, 0.3) is 10.1 Å². The van der Waals surface area contributed by atoms with Crippen LogP contribution in [0.4, 0.5) is 17.1 Å². The zero-order valence-corrected chi connectivity index (χ0v) is 13.8. The summed E-state index contributed by atoms with van der Waals surface area (Å²) in [6.45, 7) is 0. The number of hydrogen-bond acceptors (Lipinski definition) is 7. The predicted molar refractivity (Wildman–Crippen MR) is 94.9 cm³/mol. The number of rotatable bonds is 5. The third-order valence-corrected chi connectivity index (χ3v) is 4.70. The van der Waals surface area contributed by atoms with Crippen molar-refractivity contribution in [1.82, 2.24) is 0 Å². The van der Waals surface area contributed by atoms with Crippen LogP contribution < -0.4 is 5.32 Å². The first-order valence-electron chi connectivity index (χ1n) is 7.15. The second kappa shape index (κ2) is 6.70.